The van der Waals surface area contributed by atoms with Crippen LogP contribution in [0.2, 0.25) is 5.02 Å². The molecule has 1 aliphatic carbocycles. The largest absolute Gasteiger partial charge is 0.392 e. The molecule has 3 atom stereocenters. The number of aliphatic hydroxyl groups is 1. The molecule has 1 aromatic rings. The Bertz CT molecular complexity index is 378. The molecule has 1 saturated carbocycles. The van der Waals surface area contributed by atoms with Crippen LogP contribution in [-0.4, -0.2) is 17.8 Å². The van der Waals surface area contributed by atoms with Crippen LogP contribution in [0.4, 0.5) is 0 Å². The Morgan fingerprint density at radius 1 is 1.41 bits per heavy atom. The first kappa shape index (κ1) is 12.9. The van der Waals surface area contributed by atoms with Gasteiger partial charge in [-0.1, -0.05) is 36.7 Å². The number of hydrogen-bond acceptors (Lipinski definition) is 2. The van der Waals surface area contributed by atoms with Gasteiger partial charge in [0.25, 0.3) is 0 Å². The molecule has 1 aromatic carbocycles. The van der Waals surface area contributed by atoms with Crippen LogP contribution in [0.1, 0.15) is 31.2 Å². The molecule has 3 N–H and O–H groups in total. The summed E-state index contributed by atoms with van der Waals surface area (Å²) in [7, 11) is 0. The van der Waals surface area contributed by atoms with Crippen molar-refractivity contribution in [3.05, 3.63) is 34.9 Å². The molecule has 2 nitrogen and oxygen atoms in total. The smallest absolute Gasteiger partial charge is 0.0649 e. The second-order valence-corrected chi connectivity index (χ2v) is 5.46. The van der Waals surface area contributed by atoms with E-state index < -0.39 is 6.10 Å². The van der Waals surface area contributed by atoms with Crippen molar-refractivity contribution in [3.8, 4) is 0 Å². The average molecular weight is 254 g/mol. The topological polar surface area (TPSA) is 46.2 Å². The predicted octanol–water partition coefficient (Wildman–Crippen LogP) is 2.79. The molecule has 1 aliphatic rings. The molecule has 94 valence electrons. The highest BCUT2D eigenvalue weighted by atomic mass is 35.5. The van der Waals surface area contributed by atoms with Gasteiger partial charge in [-0.2, -0.15) is 0 Å². The number of hydrogen-bond donors (Lipinski definition) is 2. The van der Waals surface area contributed by atoms with E-state index in [0.29, 0.717) is 23.4 Å². The second-order valence-electron chi connectivity index (χ2n) is 5.05. The van der Waals surface area contributed by atoms with Gasteiger partial charge in [0.05, 0.1) is 6.10 Å². The van der Waals surface area contributed by atoms with Gasteiger partial charge in [-0.05, 0) is 36.3 Å². The standard InChI is InChI=1S/C14H20ClNO/c1-9(10-6-7-10)14(17)12(8-16)11-4-2-3-5-13(11)15/h2-5,9-10,12,14,17H,6-8,16H2,1H3. The molecule has 0 heterocycles. The third-order valence-electron chi connectivity index (χ3n) is 3.88. The summed E-state index contributed by atoms with van der Waals surface area (Å²) in [6.07, 6.45) is 2.07. The molecule has 17 heavy (non-hydrogen) atoms. The molecule has 0 aliphatic heterocycles. The van der Waals surface area contributed by atoms with Gasteiger partial charge >= 0.3 is 0 Å². The lowest BCUT2D eigenvalue weighted by Gasteiger charge is -2.27. The lowest BCUT2D eigenvalue weighted by atomic mass is 9.84. The fraction of sp³-hybridized carbons (Fsp3) is 0.571. The van der Waals surface area contributed by atoms with Crippen LogP contribution in [0.15, 0.2) is 24.3 Å². The first-order valence-electron chi connectivity index (χ1n) is 6.27. The Kier molecular flexibility index (Phi) is 4.08. The first-order valence-corrected chi connectivity index (χ1v) is 6.65. The van der Waals surface area contributed by atoms with E-state index in [-0.39, 0.29) is 5.92 Å². The van der Waals surface area contributed by atoms with Gasteiger partial charge in [0, 0.05) is 17.5 Å². The first-order chi connectivity index (χ1) is 8.15. The van der Waals surface area contributed by atoms with Crippen LogP contribution in [0.5, 0.6) is 0 Å². The van der Waals surface area contributed by atoms with Crippen molar-refractivity contribution in [2.24, 2.45) is 17.6 Å². The molecule has 3 unspecified atom stereocenters. The summed E-state index contributed by atoms with van der Waals surface area (Å²) >= 11 is 6.18. The minimum absolute atomic E-state index is 0.0562. The van der Waals surface area contributed by atoms with Gasteiger partial charge in [0.2, 0.25) is 0 Å². The summed E-state index contributed by atoms with van der Waals surface area (Å²) in [5.74, 6) is 0.917. The van der Waals surface area contributed by atoms with Crippen molar-refractivity contribution < 1.29 is 5.11 Å². The lowest BCUT2D eigenvalue weighted by molar-refractivity contribution is 0.0801. The minimum Gasteiger partial charge on any atom is -0.392 e. The van der Waals surface area contributed by atoms with Gasteiger partial charge in [0.1, 0.15) is 0 Å². The van der Waals surface area contributed by atoms with Crippen LogP contribution in [0, 0.1) is 11.8 Å². The fourth-order valence-corrected chi connectivity index (χ4v) is 2.77. The fourth-order valence-electron chi connectivity index (χ4n) is 2.49. The van der Waals surface area contributed by atoms with Crippen LogP contribution in [0.25, 0.3) is 0 Å². The Morgan fingerprint density at radius 2 is 2.06 bits per heavy atom. The van der Waals surface area contributed by atoms with Crippen LogP contribution < -0.4 is 5.73 Å². The molecule has 2 rings (SSSR count). The van der Waals surface area contributed by atoms with Crippen molar-refractivity contribution in [2.45, 2.75) is 31.8 Å². The maximum atomic E-state index is 10.4. The summed E-state index contributed by atoms with van der Waals surface area (Å²) in [6, 6.07) is 7.66. The number of aliphatic hydroxyl groups excluding tert-OH is 1. The van der Waals surface area contributed by atoms with Crippen molar-refractivity contribution in [1.29, 1.82) is 0 Å². The number of halogens is 1. The summed E-state index contributed by atoms with van der Waals surface area (Å²) in [4.78, 5) is 0. The average Bonchev–Trinajstić information content (AvgIpc) is 3.15. The van der Waals surface area contributed by atoms with Crippen LogP contribution in [0.3, 0.4) is 0 Å². The summed E-state index contributed by atoms with van der Waals surface area (Å²) in [5, 5.41) is 11.1. The third kappa shape index (κ3) is 2.82. The Labute approximate surface area is 108 Å². The summed E-state index contributed by atoms with van der Waals surface area (Å²) < 4.78 is 0. The van der Waals surface area contributed by atoms with E-state index in [9.17, 15) is 5.11 Å². The maximum absolute atomic E-state index is 10.4. The van der Waals surface area contributed by atoms with E-state index in [1.165, 1.54) is 12.8 Å². The van der Waals surface area contributed by atoms with Crippen molar-refractivity contribution in [2.75, 3.05) is 6.54 Å². The lowest BCUT2D eigenvalue weighted by Crippen LogP contribution is -2.32. The molecule has 0 spiro atoms. The van der Waals surface area contributed by atoms with E-state index in [1.807, 2.05) is 24.3 Å². The third-order valence-corrected chi connectivity index (χ3v) is 4.22. The molecule has 0 amide bonds. The van der Waals surface area contributed by atoms with Gasteiger partial charge in [-0.3, -0.25) is 0 Å². The van der Waals surface area contributed by atoms with Gasteiger partial charge in [-0.15, -0.1) is 0 Å². The molecule has 0 bridgehead atoms. The second kappa shape index (κ2) is 5.38. The summed E-state index contributed by atoms with van der Waals surface area (Å²) in [5.41, 5.74) is 6.78. The van der Waals surface area contributed by atoms with E-state index in [2.05, 4.69) is 6.92 Å². The molecular weight excluding hydrogens is 234 g/mol. The molecule has 1 fully saturated rings. The number of nitrogens with two attached hydrogens (primary N) is 1. The number of benzene rings is 1. The highest BCUT2D eigenvalue weighted by molar-refractivity contribution is 6.31. The SMILES string of the molecule is CC(C1CC1)C(O)C(CN)c1ccccc1Cl. The predicted molar refractivity (Wildman–Crippen MR) is 71.1 cm³/mol. The molecule has 0 saturated heterocycles. The Hall–Kier alpha value is -0.570. The maximum Gasteiger partial charge on any atom is 0.0649 e. The van der Waals surface area contributed by atoms with E-state index in [1.54, 1.807) is 0 Å². The number of rotatable bonds is 5. The van der Waals surface area contributed by atoms with Gasteiger partial charge < -0.3 is 10.8 Å². The highest BCUT2D eigenvalue weighted by Gasteiger charge is 2.36. The highest BCUT2D eigenvalue weighted by Crippen LogP contribution is 2.41. The van der Waals surface area contributed by atoms with Crippen molar-refractivity contribution in [1.82, 2.24) is 0 Å². The van der Waals surface area contributed by atoms with Crippen LogP contribution >= 0.6 is 11.6 Å². The van der Waals surface area contributed by atoms with Gasteiger partial charge in [0.15, 0.2) is 0 Å². The minimum atomic E-state index is -0.396. The van der Waals surface area contributed by atoms with Gasteiger partial charge in [-0.25, -0.2) is 0 Å². The Morgan fingerprint density at radius 3 is 2.59 bits per heavy atom. The van der Waals surface area contributed by atoms with E-state index in [4.69, 9.17) is 17.3 Å². The van der Waals surface area contributed by atoms with Crippen LogP contribution in [-0.2, 0) is 0 Å². The van der Waals surface area contributed by atoms with Crippen molar-refractivity contribution >= 4 is 11.6 Å². The zero-order valence-electron chi connectivity index (χ0n) is 10.1. The van der Waals surface area contributed by atoms with Crippen molar-refractivity contribution in [3.63, 3.8) is 0 Å². The molecular formula is C14H20ClNO. The quantitative estimate of drug-likeness (QED) is 0.848. The summed E-state index contributed by atoms with van der Waals surface area (Å²) in [6.45, 7) is 2.55. The zero-order chi connectivity index (χ0) is 12.4. The molecule has 3 heteroatoms. The Balaban J connectivity index is 2.17. The zero-order valence-corrected chi connectivity index (χ0v) is 10.9. The van der Waals surface area contributed by atoms with E-state index in [0.717, 1.165) is 5.56 Å². The normalized spacial score (nSPS) is 20.9. The molecule has 0 aromatic heterocycles. The monoisotopic (exact) mass is 253 g/mol. The van der Waals surface area contributed by atoms with E-state index >= 15 is 0 Å². The molecule has 0 radical (unpaired) electrons.